The van der Waals surface area contributed by atoms with Crippen LogP contribution >= 0.6 is 0 Å². The van der Waals surface area contributed by atoms with Gasteiger partial charge in [-0.1, -0.05) is 6.92 Å². The smallest absolute Gasteiger partial charge is 0.300 e. The third kappa shape index (κ3) is 4380. The number of nitrogens with two attached hydrogens (primary N) is 2. The minimum atomic E-state index is -0.833. The Morgan fingerprint density at radius 3 is 1.38 bits per heavy atom. The molecule has 6 N–H and O–H groups in total. The second-order valence-electron chi connectivity index (χ2n) is 2.01. The number of aliphatic carboxylic acids is 1. The molecule has 6 heteroatoms. The fourth-order valence-corrected chi connectivity index (χ4v) is 0. The summed E-state index contributed by atoms with van der Waals surface area (Å²) in [4.78, 5) is 18.2. The van der Waals surface area contributed by atoms with Crippen LogP contribution in [0, 0.1) is 5.41 Å². The van der Waals surface area contributed by atoms with E-state index in [1.807, 2.05) is 6.92 Å². The van der Waals surface area contributed by atoms with Crippen molar-refractivity contribution in [2.45, 2.75) is 27.2 Å². The Bertz CT molecular complexity index is 148. The van der Waals surface area contributed by atoms with Crippen LogP contribution in [0.25, 0.3) is 0 Å². The summed E-state index contributed by atoms with van der Waals surface area (Å²) < 4.78 is 0. The zero-order valence-corrected chi connectivity index (χ0v) is 8.13. The molecular weight excluding hydrogens is 174 g/mol. The molecule has 0 saturated heterocycles. The molecule has 6 nitrogen and oxygen atoms in total. The Hall–Kier alpha value is -1.59. The number of hydrogen-bond donors (Lipinski definition) is 4. The maximum atomic E-state index is 9.22. The highest BCUT2D eigenvalue weighted by molar-refractivity contribution is 5.76. The zero-order chi connectivity index (χ0) is 11.4. The second-order valence-corrected chi connectivity index (χ2v) is 2.01. The molecule has 0 spiro atoms. The maximum absolute atomic E-state index is 9.22. The molecule has 13 heavy (non-hydrogen) atoms. The first kappa shape index (κ1) is 17.5. The van der Waals surface area contributed by atoms with Gasteiger partial charge < -0.3 is 16.6 Å². The van der Waals surface area contributed by atoms with Crippen molar-refractivity contribution in [3.63, 3.8) is 0 Å². The van der Waals surface area contributed by atoms with Crippen LogP contribution in [0.3, 0.4) is 0 Å². The topological polar surface area (TPSA) is 130 Å². The van der Waals surface area contributed by atoms with Crippen molar-refractivity contribution in [1.29, 1.82) is 5.41 Å². The number of primary amides is 1. The number of amides is 1. The van der Waals surface area contributed by atoms with E-state index in [1.54, 1.807) is 0 Å². The molecular formula is C7H17N3O3. The van der Waals surface area contributed by atoms with Crippen LogP contribution < -0.4 is 11.5 Å². The third-order valence-electron chi connectivity index (χ3n) is 0.381. The lowest BCUT2D eigenvalue weighted by atomic mass is 10.5. The van der Waals surface area contributed by atoms with Crippen molar-refractivity contribution in [2.24, 2.45) is 11.5 Å². The summed E-state index contributed by atoms with van der Waals surface area (Å²) in [5.41, 5.74) is 9.35. The fourth-order valence-electron chi connectivity index (χ4n) is 0. The van der Waals surface area contributed by atoms with E-state index < -0.39 is 5.97 Å². The maximum Gasteiger partial charge on any atom is 0.300 e. The average Bonchev–Trinajstić information content (AvgIpc) is 1.84. The predicted octanol–water partition coefficient (Wildman–Crippen LogP) is -0.0851. The van der Waals surface area contributed by atoms with Gasteiger partial charge in [-0.3, -0.25) is 15.0 Å². The number of amidine groups is 1. The van der Waals surface area contributed by atoms with Crippen LogP contribution in [-0.2, 0) is 9.59 Å². The van der Waals surface area contributed by atoms with Crippen LogP contribution in [0.15, 0.2) is 0 Å². The monoisotopic (exact) mass is 191 g/mol. The average molecular weight is 191 g/mol. The van der Waals surface area contributed by atoms with E-state index in [-0.39, 0.29) is 11.7 Å². The quantitative estimate of drug-likeness (QED) is 0.341. The molecule has 0 aromatic carbocycles. The first-order chi connectivity index (χ1) is 5.73. The van der Waals surface area contributed by atoms with E-state index in [0.717, 1.165) is 6.92 Å². The zero-order valence-electron chi connectivity index (χ0n) is 8.13. The number of carbonyl (C=O) groups is 2. The molecule has 0 fully saturated rings. The van der Waals surface area contributed by atoms with Crippen molar-refractivity contribution in [3.8, 4) is 0 Å². The van der Waals surface area contributed by atoms with E-state index >= 15 is 0 Å². The Morgan fingerprint density at radius 2 is 1.38 bits per heavy atom. The van der Waals surface area contributed by atoms with Gasteiger partial charge >= 0.3 is 0 Å². The van der Waals surface area contributed by atoms with E-state index in [4.69, 9.17) is 21.0 Å². The molecule has 0 atom stereocenters. The molecule has 1 amide bonds. The molecule has 0 aliphatic heterocycles. The minimum Gasteiger partial charge on any atom is -0.481 e. The molecule has 0 aliphatic rings. The molecule has 78 valence electrons. The van der Waals surface area contributed by atoms with Crippen molar-refractivity contribution >= 4 is 17.7 Å². The molecule has 0 aromatic rings. The first-order valence-corrected chi connectivity index (χ1v) is 3.52. The van der Waals surface area contributed by atoms with Crippen molar-refractivity contribution in [3.05, 3.63) is 0 Å². The highest BCUT2D eigenvalue weighted by atomic mass is 16.4. The van der Waals surface area contributed by atoms with Gasteiger partial charge in [-0.25, -0.2) is 0 Å². The number of hydrogen-bond acceptors (Lipinski definition) is 3. The molecule has 0 saturated carbocycles. The summed E-state index contributed by atoms with van der Waals surface area (Å²) in [7, 11) is 0. The Kier molecular flexibility index (Phi) is 17.5. The highest BCUT2D eigenvalue weighted by Crippen LogP contribution is 1.64. The molecule has 0 bridgehead atoms. The van der Waals surface area contributed by atoms with Gasteiger partial charge in [0, 0.05) is 20.3 Å². The van der Waals surface area contributed by atoms with Gasteiger partial charge in [0.2, 0.25) is 5.91 Å². The number of nitrogens with one attached hydrogen (secondary N) is 1. The summed E-state index contributed by atoms with van der Waals surface area (Å²) in [6, 6.07) is 0. The summed E-state index contributed by atoms with van der Waals surface area (Å²) in [6.45, 7) is 4.24. The molecule has 0 radical (unpaired) electrons. The van der Waals surface area contributed by atoms with Crippen LogP contribution in [0.2, 0.25) is 0 Å². The van der Waals surface area contributed by atoms with Gasteiger partial charge in [-0.15, -0.1) is 0 Å². The van der Waals surface area contributed by atoms with Gasteiger partial charge in [0.25, 0.3) is 5.97 Å². The van der Waals surface area contributed by atoms with Gasteiger partial charge in [0.15, 0.2) is 0 Å². The number of carbonyl (C=O) groups excluding carboxylic acids is 1. The molecule has 0 heterocycles. The summed E-state index contributed by atoms with van der Waals surface area (Å²) in [5.74, 6) is -0.912. The van der Waals surface area contributed by atoms with Gasteiger partial charge in [-0.2, -0.15) is 0 Å². The number of rotatable bonds is 1. The summed E-state index contributed by atoms with van der Waals surface area (Å²) in [5, 5.41) is 13.9. The normalized spacial score (nSPS) is 6.69. The summed E-state index contributed by atoms with van der Waals surface area (Å²) in [6.07, 6.45) is 0.667. The lowest BCUT2D eigenvalue weighted by molar-refractivity contribution is -0.134. The SMILES string of the molecule is CC(=O)O.CC(N)=O.CCC(=N)N. The van der Waals surface area contributed by atoms with Gasteiger partial charge in [0.1, 0.15) is 0 Å². The van der Waals surface area contributed by atoms with E-state index in [0.29, 0.717) is 6.42 Å². The van der Waals surface area contributed by atoms with Gasteiger partial charge in [-0.05, 0) is 0 Å². The number of carboxylic acid groups (broad SMARTS) is 1. The van der Waals surface area contributed by atoms with Crippen LogP contribution in [0.1, 0.15) is 27.2 Å². The molecule has 0 aromatic heterocycles. The Labute approximate surface area is 77.4 Å². The predicted molar refractivity (Wildman–Crippen MR) is 50.4 cm³/mol. The van der Waals surface area contributed by atoms with E-state index in [9.17, 15) is 4.79 Å². The molecule has 0 aliphatic carbocycles. The standard InChI is InChI=1S/C3H8N2.C2H5NO.C2H4O2/c1-2-3(4)5;2*1-2(3)4/h2H2,1H3,(H3,4,5);1H3,(H2,3,4);1H3,(H,3,4). The van der Waals surface area contributed by atoms with Crippen LogP contribution in [-0.4, -0.2) is 22.8 Å². The fraction of sp³-hybridized carbons (Fsp3) is 0.571. The van der Waals surface area contributed by atoms with Crippen LogP contribution in [0.4, 0.5) is 0 Å². The van der Waals surface area contributed by atoms with Crippen LogP contribution in [0.5, 0.6) is 0 Å². The minimum absolute atomic E-state index is 0.255. The van der Waals surface area contributed by atoms with Crippen molar-refractivity contribution in [1.82, 2.24) is 0 Å². The number of carboxylic acids is 1. The van der Waals surface area contributed by atoms with Crippen molar-refractivity contribution < 1.29 is 14.7 Å². The van der Waals surface area contributed by atoms with E-state index in [2.05, 4.69) is 5.73 Å². The summed E-state index contributed by atoms with van der Waals surface area (Å²) >= 11 is 0. The third-order valence-corrected chi connectivity index (χ3v) is 0.381. The van der Waals surface area contributed by atoms with Crippen molar-refractivity contribution in [2.75, 3.05) is 0 Å². The highest BCUT2D eigenvalue weighted by Gasteiger charge is 1.70. The Morgan fingerprint density at radius 1 is 1.31 bits per heavy atom. The largest absolute Gasteiger partial charge is 0.481 e. The lowest BCUT2D eigenvalue weighted by Crippen LogP contribution is -2.05. The second kappa shape index (κ2) is 13.0. The van der Waals surface area contributed by atoms with E-state index in [1.165, 1.54) is 6.92 Å². The molecule has 0 rings (SSSR count). The lowest BCUT2D eigenvalue weighted by Gasteiger charge is -1.79. The van der Waals surface area contributed by atoms with Gasteiger partial charge in [0.05, 0.1) is 5.84 Å². The first-order valence-electron chi connectivity index (χ1n) is 3.52. The Balaban J connectivity index is -0.000000117. The molecule has 0 unspecified atom stereocenters.